The zero-order valence-corrected chi connectivity index (χ0v) is 15.6. The Morgan fingerprint density at radius 1 is 1.43 bits per heavy atom. The molecule has 11 nitrogen and oxygen atoms in total. The molecular formula is C17H24N4O7. The molecule has 1 fully saturated rings. The molecule has 1 aromatic heterocycles. The predicted molar refractivity (Wildman–Crippen MR) is 98.5 cm³/mol. The smallest absolute Gasteiger partial charge is 0.412 e. The molecule has 28 heavy (non-hydrogen) atoms. The van der Waals surface area contributed by atoms with Gasteiger partial charge >= 0.3 is 11.8 Å². The standard InChI is InChI=1S/C17H24N4O7/c1-4-11-8-21(15-13(24)12(23)9(2)28-15)16(25)19-14(11)20-17(26)27-7-5-6-18-10(3)22/h4,8-9,12-13,15,23-24H,1,5-7H2,2-3H3,(H,18,22)(H,19,20,25,26)/t9-,12?,13?,15-/m1/s1. The van der Waals surface area contributed by atoms with Gasteiger partial charge in [0, 0.05) is 25.2 Å². The molecule has 0 aromatic carbocycles. The van der Waals surface area contributed by atoms with E-state index in [9.17, 15) is 24.6 Å². The Labute approximate surface area is 161 Å². The van der Waals surface area contributed by atoms with Crippen LogP contribution in [0.3, 0.4) is 0 Å². The van der Waals surface area contributed by atoms with Crippen LogP contribution in [0, 0.1) is 0 Å². The fraction of sp³-hybridized carbons (Fsp3) is 0.529. The molecular weight excluding hydrogens is 372 g/mol. The number of aromatic nitrogens is 2. The number of rotatable bonds is 7. The minimum absolute atomic E-state index is 0.0600. The molecule has 1 aromatic rings. The number of hydrogen-bond acceptors (Lipinski definition) is 8. The highest BCUT2D eigenvalue weighted by Crippen LogP contribution is 2.28. The third-order valence-corrected chi connectivity index (χ3v) is 4.10. The topological polar surface area (TPSA) is 152 Å². The van der Waals surface area contributed by atoms with E-state index < -0.39 is 36.3 Å². The molecule has 11 heteroatoms. The van der Waals surface area contributed by atoms with Crippen LogP contribution < -0.4 is 16.3 Å². The van der Waals surface area contributed by atoms with Crippen LogP contribution in [-0.2, 0) is 14.3 Å². The third-order valence-electron chi connectivity index (χ3n) is 4.10. The third kappa shape index (κ3) is 5.15. The van der Waals surface area contributed by atoms with Crippen LogP contribution in [0.25, 0.3) is 6.08 Å². The van der Waals surface area contributed by atoms with Gasteiger partial charge in [-0.15, -0.1) is 0 Å². The first-order valence-corrected chi connectivity index (χ1v) is 8.70. The summed E-state index contributed by atoms with van der Waals surface area (Å²) in [5.41, 5.74) is -0.503. The second kappa shape index (κ2) is 9.44. The molecule has 0 spiro atoms. The molecule has 2 rings (SSSR count). The van der Waals surface area contributed by atoms with Crippen molar-refractivity contribution in [3.8, 4) is 0 Å². The van der Waals surface area contributed by atoms with Crippen molar-refractivity contribution >= 4 is 23.9 Å². The van der Waals surface area contributed by atoms with E-state index in [1.165, 1.54) is 19.2 Å². The molecule has 1 aliphatic heterocycles. The van der Waals surface area contributed by atoms with E-state index in [1.807, 2.05) is 0 Å². The number of hydrogen-bond donors (Lipinski definition) is 4. The van der Waals surface area contributed by atoms with Gasteiger partial charge in [0.15, 0.2) is 6.23 Å². The van der Waals surface area contributed by atoms with Crippen molar-refractivity contribution in [1.29, 1.82) is 0 Å². The van der Waals surface area contributed by atoms with Gasteiger partial charge in [-0.2, -0.15) is 4.98 Å². The highest BCUT2D eigenvalue weighted by Gasteiger charge is 2.42. The van der Waals surface area contributed by atoms with Crippen LogP contribution in [-0.4, -0.2) is 63.2 Å². The molecule has 0 saturated carbocycles. The maximum absolute atomic E-state index is 12.3. The minimum Gasteiger partial charge on any atom is -0.449 e. The number of nitrogens with zero attached hydrogens (tertiary/aromatic N) is 2. The number of carbonyl (C=O) groups excluding carboxylic acids is 2. The number of anilines is 1. The van der Waals surface area contributed by atoms with Crippen LogP contribution in [0.5, 0.6) is 0 Å². The average Bonchev–Trinajstić information content (AvgIpc) is 2.88. The minimum atomic E-state index is -1.31. The van der Waals surface area contributed by atoms with Gasteiger partial charge in [-0.1, -0.05) is 12.7 Å². The van der Waals surface area contributed by atoms with Crippen LogP contribution in [0.1, 0.15) is 32.1 Å². The Bertz CT molecular complexity index is 794. The quantitative estimate of drug-likeness (QED) is 0.454. The zero-order chi connectivity index (χ0) is 20.8. The Morgan fingerprint density at radius 2 is 2.14 bits per heavy atom. The van der Waals surface area contributed by atoms with Gasteiger partial charge in [0.05, 0.1) is 12.7 Å². The molecule has 2 amide bonds. The van der Waals surface area contributed by atoms with E-state index in [1.54, 1.807) is 6.92 Å². The van der Waals surface area contributed by atoms with Gasteiger partial charge in [-0.05, 0) is 13.3 Å². The first-order valence-electron chi connectivity index (χ1n) is 8.70. The SMILES string of the molecule is C=Cc1cn([C@@H]2O[C@H](C)C(O)C2O)c(=O)nc1NC(=O)OCCCNC(C)=O. The number of aliphatic hydroxyl groups is 2. The van der Waals surface area contributed by atoms with Gasteiger partial charge in [0.1, 0.15) is 18.0 Å². The molecule has 0 bridgehead atoms. The normalized spacial score (nSPS) is 23.9. The number of carbonyl (C=O) groups is 2. The number of ether oxygens (including phenoxy) is 2. The summed E-state index contributed by atoms with van der Waals surface area (Å²) in [6.45, 7) is 6.98. The van der Waals surface area contributed by atoms with E-state index in [-0.39, 0.29) is 18.3 Å². The van der Waals surface area contributed by atoms with Crippen molar-refractivity contribution in [3.63, 3.8) is 0 Å². The highest BCUT2D eigenvalue weighted by molar-refractivity contribution is 5.85. The fourth-order valence-electron chi connectivity index (χ4n) is 2.61. The van der Waals surface area contributed by atoms with E-state index >= 15 is 0 Å². The molecule has 0 aliphatic carbocycles. The molecule has 4 N–H and O–H groups in total. The van der Waals surface area contributed by atoms with Crippen LogP contribution in [0.15, 0.2) is 17.6 Å². The maximum atomic E-state index is 12.3. The lowest BCUT2D eigenvalue weighted by Gasteiger charge is -2.18. The highest BCUT2D eigenvalue weighted by atomic mass is 16.6. The summed E-state index contributed by atoms with van der Waals surface area (Å²) in [5.74, 6) is -0.243. The first kappa shape index (κ1) is 21.5. The van der Waals surface area contributed by atoms with E-state index in [0.717, 1.165) is 4.57 Å². The number of aliphatic hydroxyl groups excluding tert-OH is 2. The lowest BCUT2D eigenvalue weighted by Crippen LogP contribution is -2.36. The van der Waals surface area contributed by atoms with Gasteiger partial charge < -0.3 is 25.0 Å². The summed E-state index contributed by atoms with van der Waals surface area (Å²) in [7, 11) is 0. The summed E-state index contributed by atoms with van der Waals surface area (Å²) in [5, 5.41) is 24.8. The van der Waals surface area contributed by atoms with Crippen LogP contribution in [0.4, 0.5) is 10.6 Å². The summed E-state index contributed by atoms with van der Waals surface area (Å²) < 4.78 is 11.4. The lowest BCUT2D eigenvalue weighted by molar-refractivity contribution is -0.118. The largest absolute Gasteiger partial charge is 0.449 e. The molecule has 1 aliphatic rings. The molecule has 2 unspecified atom stereocenters. The monoisotopic (exact) mass is 396 g/mol. The summed E-state index contributed by atoms with van der Waals surface area (Å²) in [6, 6.07) is 0. The molecule has 154 valence electrons. The summed E-state index contributed by atoms with van der Waals surface area (Å²) >= 11 is 0. The van der Waals surface area contributed by atoms with Crippen molar-refractivity contribution in [3.05, 3.63) is 28.8 Å². The average molecular weight is 396 g/mol. The van der Waals surface area contributed by atoms with E-state index in [4.69, 9.17) is 9.47 Å². The van der Waals surface area contributed by atoms with Crippen molar-refractivity contribution < 1.29 is 29.3 Å². The second-order valence-electron chi connectivity index (χ2n) is 6.25. The number of amides is 2. The molecule has 2 heterocycles. The van der Waals surface area contributed by atoms with E-state index in [0.29, 0.717) is 18.5 Å². The van der Waals surface area contributed by atoms with Crippen molar-refractivity contribution in [2.45, 2.75) is 44.8 Å². The van der Waals surface area contributed by atoms with E-state index in [2.05, 4.69) is 22.2 Å². The summed E-state index contributed by atoms with van der Waals surface area (Å²) in [6.07, 6.45) is -1.95. The number of nitrogens with one attached hydrogen (secondary N) is 2. The Hall–Kier alpha value is -2.76. The van der Waals surface area contributed by atoms with Gasteiger partial charge in [0.25, 0.3) is 0 Å². The Kier molecular flexibility index (Phi) is 7.26. The molecule has 1 saturated heterocycles. The summed E-state index contributed by atoms with van der Waals surface area (Å²) in [4.78, 5) is 38.7. The lowest BCUT2D eigenvalue weighted by atomic mass is 10.1. The van der Waals surface area contributed by atoms with Crippen molar-refractivity contribution in [1.82, 2.24) is 14.9 Å². The fourth-order valence-corrected chi connectivity index (χ4v) is 2.61. The van der Waals surface area contributed by atoms with Crippen molar-refractivity contribution in [2.75, 3.05) is 18.5 Å². The van der Waals surface area contributed by atoms with Gasteiger partial charge in [0.2, 0.25) is 5.91 Å². The van der Waals surface area contributed by atoms with Gasteiger partial charge in [-0.3, -0.25) is 14.7 Å². The predicted octanol–water partition coefficient (Wildman–Crippen LogP) is -0.400. The zero-order valence-electron chi connectivity index (χ0n) is 15.6. The van der Waals surface area contributed by atoms with Crippen LogP contribution >= 0.6 is 0 Å². The first-order chi connectivity index (χ1) is 13.2. The second-order valence-corrected chi connectivity index (χ2v) is 6.25. The molecule has 4 atom stereocenters. The van der Waals surface area contributed by atoms with Gasteiger partial charge in [-0.25, -0.2) is 9.59 Å². The Balaban J connectivity index is 2.05. The molecule has 0 radical (unpaired) electrons. The van der Waals surface area contributed by atoms with Crippen LogP contribution in [0.2, 0.25) is 0 Å². The Morgan fingerprint density at radius 3 is 2.71 bits per heavy atom. The van der Waals surface area contributed by atoms with Crippen molar-refractivity contribution in [2.24, 2.45) is 0 Å². The maximum Gasteiger partial charge on any atom is 0.412 e.